The minimum Gasteiger partial charge on any atom is -0.408 e. The van der Waals surface area contributed by atoms with Gasteiger partial charge in [-0.05, 0) is 18.2 Å². The molecular formula is C23H19ClF4N6O5. The molecule has 1 fully saturated rings. The number of halogens is 5. The number of alkyl halides is 3. The van der Waals surface area contributed by atoms with Crippen molar-refractivity contribution in [3.8, 4) is 5.75 Å². The van der Waals surface area contributed by atoms with Crippen molar-refractivity contribution in [2.75, 3.05) is 18.5 Å². The van der Waals surface area contributed by atoms with E-state index in [9.17, 15) is 31.9 Å². The van der Waals surface area contributed by atoms with Crippen molar-refractivity contribution < 1.29 is 36.6 Å². The van der Waals surface area contributed by atoms with Crippen molar-refractivity contribution in [2.24, 2.45) is 0 Å². The first-order valence-electron chi connectivity index (χ1n) is 11.1. The number of pyridine rings is 1. The van der Waals surface area contributed by atoms with Crippen LogP contribution in [0.5, 0.6) is 5.75 Å². The number of hydrogen-bond donors (Lipinski definition) is 4. The summed E-state index contributed by atoms with van der Waals surface area (Å²) in [6.07, 6.45) is -3.51. The van der Waals surface area contributed by atoms with E-state index in [1.807, 2.05) is 0 Å². The Morgan fingerprint density at radius 2 is 2.00 bits per heavy atom. The van der Waals surface area contributed by atoms with Gasteiger partial charge in [0.2, 0.25) is 5.91 Å². The van der Waals surface area contributed by atoms with Gasteiger partial charge in [-0.15, -0.1) is 0 Å². The van der Waals surface area contributed by atoms with E-state index in [0.29, 0.717) is 0 Å². The number of H-pyrrole nitrogens is 1. The Kier molecular flexibility index (Phi) is 8.01. The van der Waals surface area contributed by atoms with E-state index in [-0.39, 0.29) is 47.5 Å². The van der Waals surface area contributed by atoms with Crippen molar-refractivity contribution in [1.82, 2.24) is 25.8 Å². The van der Waals surface area contributed by atoms with Gasteiger partial charge in [-0.3, -0.25) is 14.6 Å². The third-order valence-electron chi connectivity index (χ3n) is 5.55. The van der Waals surface area contributed by atoms with E-state index >= 15 is 0 Å². The Labute approximate surface area is 221 Å². The molecule has 4 rings (SSSR count). The van der Waals surface area contributed by atoms with Crippen LogP contribution >= 0.6 is 11.6 Å². The number of amides is 2. The number of benzene rings is 1. The van der Waals surface area contributed by atoms with E-state index in [1.54, 1.807) is 0 Å². The summed E-state index contributed by atoms with van der Waals surface area (Å²) in [7, 11) is 0. The summed E-state index contributed by atoms with van der Waals surface area (Å²) in [6, 6.07) is 4.98. The maximum Gasteiger partial charge on any atom is 0.418 e. The first kappa shape index (κ1) is 27.8. The number of hydrogen-bond acceptors (Lipinski definition) is 8. The van der Waals surface area contributed by atoms with Gasteiger partial charge in [0, 0.05) is 30.2 Å². The molecule has 3 heterocycles. The van der Waals surface area contributed by atoms with E-state index in [1.165, 1.54) is 6.07 Å². The van der Waals surface area contributed by atoms with Gasteiger partial charge in [0.25, 0.3) is 5.56 Å². The number of nitrogens with zero attached hydrogens (tertiary/aromatic N) is 2. The van der Waals surface area contributed by atoms with Crippen LogP contribution in [0, 0.1) is 5.82 Å². The summed E-state index contributed by atoms with van der Waals surface area (Å²) in [5.41, 5.74) is -3.85. The zero-order valence-corrected chi connectivity index (χ0v) is 20.5. The van der Waals surface area contributed by atoms with Crippen LogP contribution in [0.25, 0.3) is 0 Å². The van der Waals surface area contributed by atoms with Crippen LogP contribution in [0.3, 0.4) is 0 Å². The van der Waals surface area contributed by atoms with Crippen LogP contribution in [-0.2, 0) is 22.3 Å². The summed E-state index contributed by atoms with van der Waals surface area (Å²) in [5, 5.41) is 12.8. The molecule has 2 amide bonds. The maximum absolute atomic E-state index is 14.7. The molecule has 3 aromatic rings. The summed E-state index contributed by atoms with van der Waals surface area (Å²) in [4.78, 5) is 40.5. The van der Waals surface area contributed by atoms with Crippen molar-refractivity contribution >= 4 is 35.0 Å². The standard InChI is InChI=1S/C23H19ClF4N6O5/c24-12-1-2-17(15(5-12)23(26,27)28)32-13-6-16(25)18(29-8-13)10-30-20(36)22(3-4-38-11-22)33-21(37)39-14-7-19(35)34-31-9-14/h1-2,5-9,32H,3-4,10-11H2,(H,30,36)(H,33,37)(H,34,35). The van der Waals surface area contributed by atoms with Crippen molar-refractivity contribution in [3.63, 3.8) is 0 Å². The molecule has 1 unspecified atom stereocenters. The van der Waals surface area contributed by atoms with Gasteiger partial charge >= 0.3 is 12.3 Å². The van der Waals surface area contributed by atoms with Crippen molar-refractivity contribution in [2.45, 2.75) is 24.7 Å². The molecule has 206 valence electrons. The Morgan fingerprint density at radius 3 is 2.67 bits per heavy atom. The molecule has 16 heteroatoms. The lowest BCUT2D eigenvalue weighted by atomic mass is 9.97. The smallest absolute Gasteiger partial charge is 0.408 e. The second kappa shape index (κ2) is 11.2. The SMILES string of the molecule is O=C(NC1(C(=O)NCc2ncc(Nc3ccc(Cl)cc3C(F)(F)F)cc2F)CCOC1)Oc1cn[nH]c(=O)c1. The molecule has 1 aliphatic heterocycles. The summed E-state index contributed by atoms with van der Waals surface area (Å²) in [6.45, 7) is -0.475. The fourth-order valence-electron chi connectivity index (χ4n) is 3.65. The summed E-state index contributed by atoms with van der Waals surface area (Å²) >= 11 is 5.67. The van der Waals surface area contributed by atoms with Gasteiger partial charge in [-0.25, -0.2) is 14.3 Å². The average Bonchev–Trinajstić information content (AvgIpc) is 3.33. The number of rotatable bonds is 7. The van der Waals surface area contributed by atoms with Crippen LogP contribution in [0.1, 0.15) is 17.7 Å². The molecular weight excluding hydrogens is 552 g/mol. The minimum atomic E-state index is -4.71. The summed E-state index contributed by atoms with van der Waals surface area (Å²) < 4.78 is 64.9. The van der Waals surface area contributed by atoms with Crippen LogP contribution < -0.4 is 26.2 Å². The van der Waals surface area contributed by atoms with Crippen LogP contribution in [-0.4, -0.2) is 45.9 Å². The Bertz CT molecular complexity index is 1440. The number of carbonyl (C=O) groups is 2. The Hall–Kier alpha value is -4.24. The molecule has 1 saturated heterocycles. The molecule has 11 nitrogen and oxygen atoms in total. The van der Waals surface area contributed by atoms with Gasteiger partial charge in [-0.1, -0.05) is 11.6 Å². The molecule has 0 saturated carbocycles. The van der Waals surface area contributed by atoms with Gasteiger partial charge in [0.1, 0.15) is 11.4 Å². The van der Waals surface area contributed by atoms with Gasteiger partial charge in [-0.2, -0.15) is 18.3 Å². The Morgan fingerprint density at radius 1 is 1.21 bits per heavy atom. The first-order valence-corrected chi connectivity index (χ1v) is 11.5. The molecule has 1 aliphatic rings. The zero-order chi connectivity index (χ0) is 28.2. The molecule has 0 spiro atoms. The number of carbonyl (C=O) groups excluding carboxylic acids is 2. The predicted molar refractivity (Wildman–Crippen MR) is 128 cm³/mol. The molecule has 0 aliphatic carbocycles. The monoisotopic (exact) mass is 570 g/mol. The highest BCUT2D eigenvalue weighted by molar-refractivity contribution is 6.30. The topological polar surface area (TPSA) is 147 Å². The third kappa shape index (κ3) is 6.80. The highest BCUT2D eigenvalue weighted by atomic mass is 35.5. The first-order chi connectivity index (χ1) is 18.4. The van der Waals surface area contributed by atoms with E-state index in [0.717, 1.165) is 36.7 Å². The fourth-order valence-corrected chi connectivity index (χ4v) is 3.83. The van der Waals surface area contributed by atoms with Crippen LogP contribution in [0.4, 0.5) is 33.7 Å². The van der Waals surface area contributed by atoms with Crippen LogP contribution in [0.15, 0.2) is 47.5 Å². The molecule has 1 atom stereocenters. The minimum absolute atomic E-state index is 0.0724. The average molecular weight is 571 g/mol. The summed E-state index contributed by atoms with van der Waals surface area (Å²) in [5.74, 6) is -1.79. The number of nitrogens with one attached hydrogen (secondary N) is 4. The number of anilines is 2. The van der Waals surface area contributed by atoms with Gasteiger partial charge in [0.05, 0.1) is 48.2 Å². The quantitative estimate of drug-likeness (QED) is 0.316. The predicted octanol–water partition coefficient (Wildman–Crippen LogP) is 3.28. The van der Waals surface area contributed by atoms with Crippen molar-refractivity contribution in [3.05, 3.63) is 75.2 Å². The number of aromatic amines is 1. The van der Waals surface area contributed by atoms with Gasteiger partial charge < -0.3 is 25.4 Å². The molecule has 4 N–H and O–H groups in total. The maximum atomic E-state index is 14.7. The largest absolute Gasteiger partial charge is 0.418 e. The van der Waals surface area contributed by atoms with Gasteiger partial charge in [0.15, 0.2) is 5.75 Å². The fraction of sp³-hybridized carbons (Fsp3) is 0.261. The normalized spacial score (nSPS) is 16.9. The zero-order valence-electron chi connectivity index (χ0n) is 19.7. The number of aromatic nitrogens is 3. The van der Waals surface area contributed by atoms with Crippen molar-refractivity contribution in [1.29, 1.82) is 0 Å². The molecule has 0 radical (unpaired) electrons. The van der Waals surface area contributed by atoms with E-state index in [4.69, 9.17) is 21.1 Å². The highest BCUT2D eigenvalue weighted by Gasteiger charge is 2.44. The second-order valence-electron chi connectivity index (χ2n) is 8.33. The lowest BCUT2D eigenvalue weighted by Crippen LogP contribution is -2.60. The third-order valence-corrected chi connectivity index (χ3v) is 5.78. The molecule has 2 aromatic heterocycles. The highest BCUT2D eigenvalue weighted by Crippen LogP contribution is 2.37. The van der Waals surface area contributed by atoms with Crippen LogP contribution in [0.2, 0.25) is 5.02 Å². The van der Waals surface area contributed by atoms with E-state index < -0.39 is 47.2 Å². The lowest BCUT2D eigenvalue weighted by molar-refractivity contribution is -0.137. The molecule has 39 heavy (non-hydrogen) atoms. The lowest BCUT2D eigenvalue weighted by Gasteiger charge is -2.26. The van der Waals surface area contributed by atoms with E-state index in [2.05, 4.69) is 31.1 Å². The number of ether oxygens (including phenoxy) is 2. The molecule has 1 aromatic carbocycles. The second-order valence-corrected chi connectivity index (χ2v) is 8.76. The Balaban J connectivity index is 1.41. The molecule has 0 bridgehead atoms.